The molecule has 0 heterocycles. The second-order valence-electron chi connectivity index (χ2n) is 9.81. The molecular weight excluding hydrogens is 464 g/mol. The number of benzene rings is 6. The number of hydrogen-bond acceptors (Lipinski definition) is 2. The minimum Gasteiger partial charge on any atom is -0.289 e. The molecule has 0 atom stereocenters. The van der Waals surface area contributed by atoms with Crippen molar-refractivity contribution < 1.29 is 9.59 Å². The molecule has 0 saturated heterocycles. The predicted molar refractivity (Wildman–Crippen MR) is 156 cm³/mol. The maximum Gasteiger partial charge on any atom is 0.193 e. The van der Waals surface area contributed by atoms with Gasteiger partial charge in [-0.15, -0.1) is 0 Å². The molecule has 0 fully saturated rings. The quantitative estimate of drug-likeness (QED) is 0.226. The lowest BCUT2D eigenvalue weighted by Crippen LogP contribution is -2.08. The van der Waals surface area contributed by atoms with E-state index in [9.17, 15) is 9.59 Å². The molecule has 38 heavy (non-hydrogen) atoms. The van der Waals surface area contributed by atoms with Crippen molar-refractivity contribution >= 4 is 33.1 Å². The molecule has 6 aromatic rings. The summed E-state index contributed by atoms with van der Waals surface area (Å²) >= 11 is 0. The van der Waals surface area contributed by atoms with Gasteiger partial charge in [-0.25, -0.2) is 0 Å². The number of ketones is 2. The molecule has 0 amide bonds. The van der Waals surface area contributed by atoms with E-state index in [1.807, 2.05) is 135 Å². The Morgan fingerprint density at radius 1 is 0.421 bits per heavy atom. The van der Waals surface area contributed by atoms with Crippen molar-refractivity contribution in [1.29, 1.82) is 0 Å². The van der Waals surface area contributed by atoms with Crippen molar-refractivity contribution in [2.45, 2.75) is 13.8 Å². The molecule has 0 unspecified atom stereocenters. The third kappa shape index (κ3) is 4.10. The Labute approximate surface area is 222 Å². The summed E-state index contributed by atoms with van der Waals surface area (Å²) in [5.74, 6) is -0.125. The molecule has 2 nitrogen and oxygen atoms in total. The van der Waals surface area contributed by atoms with Gasteiger partial charge in [0.25, 0.3) is 0 Å². The standard InChI is InChI=1S/C36H26O2/c1-23-11-15-27(16-12-23)35(37)31-21-19-25-7-3-5-9-29(25)33(31)34-30-10-6-4-8-26(30)20-22-32(34)36(38)28-17-13-24(2)14-18-28/h3-22H,1-2H3. The summed E-state index contributed by atoms with van der Waals surface area (Å²) in [6, 6.07) is 39.2. The Morgan fingerprint density at radius 2 is 0.789 bits per heavy atom. The zero-order valence-electron chi connectivity index (χ0n) is 21.4. The highest BCUT2D eigenvalue weighted by molar-refractivity contribution is 6.24. The largest absolute Gasteiger partial charge is 0.289 e. The minimum absolute atomic E-state index is 0.0626. The van der Waals surface area contributed by atoms with E-state index in [1.165, 1.54) is 0 Å². The molecule has 0 radical (unpaired) electrons. The van der Waals surface area contributed by atoms with Gasteiger partial charge >= 0.3 is 0 Å². The summed E-state index contributed by atoms with van der Waals surface area (Å²) in [7, 11) is 0. The number of rotatable bonds is 5. The van der Waals surface area contributed by atoms with Gasteiger partial charge in [0.1, 0.15) is 0 Å². The van der Waals surface area contributed by atoms with E-state index in [-0.39, 0.29) is 11.6 Å². The molecule has 0 bridgehead atoms. The van der Waals surface area contributed by atoms with Gasteiger partial charge in [0.05, 0.1) is 0 Å². The summed E-state index contributed by atoms with van der Waals surface area (Å²) in [6.45, 7) is 4.02. The van der Waals surface area contributed by atoms with E-state index in [0.717, 1.165) is 43.8 Å². The zero-order chi connectivity index (χ0) is 26.2. The fraction of sp³-hybridized carbons (Fsp3) is 0.0556. The van der Waals surface area contributed by atoms with Gasteiger partial charge < -0.3 is 0 Å². The van der Waals surface area contributed by atoms with E-state index in [0.29, 0.717) is 22.3 Å². The van der Waals surface area contributed by atoms with Gasteiger partial charge in [-0.05, 0) is 47.5 Å². The van der Waals surface area contributed by atoms with Crippen molar-refractivity contribution in [3.05, 3.63) is 155 Å². The van der Waals surface area contributed by atoms with Crippen LogP contribution in [0.15, 0.2) is 121 Å². The van der Waals surface area contributed by atoms with Gasteiger partial charge in [-0.1, -0.05) is 120 Å². The van der Waals surface area contributed by atoms with Crippen LogP contribution in [0.5, 0.6) is 0 Å². The van der Waals surface area contributed by atoms with E-state index >= 15 is 0 Å². The van der Waals surface area contributed by atoms with Crippen LogP contribution >= 0.6 is 0 Å². The fourth-order valence-corrected chi connectivity index (χ4v) is 5.18. The van der Waals surface area contributed by atoms with Crippen LogP contribution < -0.4 is 0 Å². The molecule has 0 saturated carbocycles. The van der Waals surface area contributed by atoms with Gasteiger partial charge in [0, 0.05) is 33.4 Å². The highest BCUT2D eigenvalue weighted by Gasteiger charge is 2.24. The Bertz CT molecular complexity index is 1700. The maximum atomic E-state index is 14.0. The number of aryl methyl sites for hydroxylation is 2. The van der Waals surface area contributed by atoms with Crippen molar-refractivity contribution in [2.75, 3.05) is 0 Å². The van der Waals surface area contributed by atoms with Crippen LogP contribution in [-0.4, -0.2) is 11.6 Å². The Morgan fingerprint density at radius 3 is 1.18 bits per heavy atom. The molecule has 0 aromatic heterocycles. The van der Waals surface area contributed by atoms with Crippen LogP contribution in [0.2, 0.25) is 0 Å². The maximum absolute atomic E-state index is 14.0. The first-order valence-corrected chi connectivity index (χ1v) is 12.8. The van der Waals surface area contributed by atoms with Gasteiger partial charge in [0.15, 0.2) is 11.6 Å². The van der Waals surface area contributed by atoms with Gasteiger partial charge in [-0.2, -0.15) is 0 Å². The smallest absolute Gasteiger partial charge is 0.193 e. The molecule has 0 N–H and O–H groups in total. The lowest BCUT2D eigenvalue weighted by atomic mass is 9.83. The van der Waals surface area contributed by atoms with E-state index in [4.69, 9.17) is 0 Å². The second-order valence-corrected chi connectivity index (χ2v) is 9.81. The third-order valence-electron chi connectivity index (χ3n) is 7.22. The first kappa shape index (κ1) is 23.6. The second kappa shape index (κ2) is 9.57. The minimum atomic E-state index is -0.0626. The molecule has 182 valence electrons. The molecule has 0 aliphatic heterocycles. The molecule has 6 aromatic carbocycles. The van der Waals surface area contributed by atoms with Crippen molar-refractivity contribution in [1.82, 2.24) is 0 Å². The Hall–Kier alpha value is -4.82. The van der Waals surface area contributed by atoms with Gasteiger partial charge in [0.2, 0.25) is 0 Å². The topological polar surface area (TPSA) is 34.1 Å². The first-order chi connectivity index (χ1) is 18.5. The first-order valence-electron chi connectivity index (χ1n) is 12.8. The number of carbonyl (C=O) groups excluding carboxylic acids is 2. The highest BCUT2D eigenvalue weighted by Crippen LogP contribution is 2.40. The zero-order valence-corrected chi connectivity index (χ0v) is 21.4. The molecule has 6 rings (SSSR count). The number of carbonyl (C=O) groups is 2. The van der Waals surface area contributed by atoms with Crippen molar-refractivity contribution in [3.8, 4) is 11.1 Å². The van der Waals surface area contributed by atoms with E-state index in [2.05, 4.69) is 0 Å². The summed E-state index contributed by atoms with van der Waals surface area (Å²) < 4.78 is 0. The Kier molecular flexibility index (Phi) is 5.94. The summed E-state index contributed by atoms with van der Waals surface area (Å²) in [4.78, 5) is 28.1. The normalized spacial score (nSPS) is 11.1. The molecule has 0 aliphatic rings. The third-order valence-corrected chi connectivity index (χ3v) is 7.22. The van der Waals surface area contributed by atoms with Crippen molar-refractivity contribution in [3.63, 3.8) is 0 Å². The molecule has 0 aliphatic carbocycles. The van der Waals surface area contributed by atoms with Crippen LogP contribution in [0, 0.1) is 13.8 Å². The summed E-state index contributed by atoms with van der Waals surface area (Å²) in [5, 5.41) is 3.92. The van der Waals surface area contributed by atoms with Crippen LogP contribution in [-0.2, 0) is 0 Å². The fourth-order valence-electron chi connectivity index (χ4n) is 5.18. The molecule has 0 spiro atoms. The van der Waals surface area contributed by atoms with Crippen LogP contribution in [0.3, 0.4) is 0 Å². The number of hydrogen-bond donors (Lipinski definition) is 0. The lowest BCUT2D eigenvalue weighted by molar-refractivity contribution is 0.103. The van der Waals surface area contributed by atoms with Crippen LogP contribution in [0.4, 0.5) is 0 Å². The monoisotopic (exact) mass is 490 g/mol. The molecular formula is C36H26O2. The van der Waals surface area contributed by atoms with E-state index in [1.54, 1.807) is 0 Å². The number of fused-ring (bicyclic) bond motifs is 2. The van der Waals surface area contributed by atoms with Gasteiger partial charge in [-0.3, -0.25) is 9.59 Å². The average Bonchev–Trinajstić information content (AvgIpc) is 2.96. The average molecular weight is 491 g/mol. The summed E-state index contributed by atoms with van der Waals surface area (Å²) in [5.41, 5.74) is 6.20. The SMILES string of the molecule is Cc1ccc(C(=O)c2ccc3ccccc3c2-c2c(C(=O)c3ccc(C)cc3)ccc3ccccc23)cc1. The Balaban J connectivity index is 1.70. The van der Waals surface area contributed by atoms with Crippen LogP contribution in [0.1, 0.15) is 43.0 Å². The van der Waals surface area contributed by atoms with Crippen molar-refractivity contribution in [2.24, 2.45) is 0 Å². The van der Waals surface area contributed by atoms with E-state index < -0.39 is 0 Å². The highest BCUT2D eigenvalue weighted by atomic mass is 16.1. The summed E-state index contributed by atoms with van der Waals surface area (Å²) in [6.07, 6.45) is 0. The predicted octanol–water partition coefficient (Wildman–Crippen LogP) is 8.74. The molecule has 2 heteroatoms. The van der Waals surface area contributed by atoms with Crippen LogP contribution in [0.25, 0.3) is 32.7 Å². The lowest BCUT2D eigenvalue weighted by Gasteiger charge is -2.19.